The van der Waals surface area contributed by atoms with Gasteiger partial charge in [-0.3, -0.25) is 19.2 Å². The number of carbonyl (C=O) groups is 4. The van der Waals surface area contributed by atoms with Gasteiger partial charge in [0.15, 0.2) is 11.2 Å². The van der Waals surface area contributed by atoms with Gasteiger partial charge in [-0.25, -0.2) is 0 Å². The van der Waals surface area contributed by atoms with Crippen LogP contribution < -0.4 is 28.4 Å². The second-order valence-corrected chi connectivity index (χ2v) is 24.4. The largest absolute Gasteiger partial charge is 0.497 e. The van der Waals surface area contributed by atoms with Crippen molar-refractivity contribution in [1.29, 1.82) is 0 Å². The number of carboxylic acids is 1. The van der Waals surface area contributed by atoms with Crippen LogP contribution in [0.5, 0.6) is 34.5 Å². The van der Waals surface area contributed by atoms with Crippen molar-refractivity contribution in [2.24, 2.45) is 0 Å². The predicted molar refractivity (Wildman–Crippen MR) is 372 cm³/mol. The summed E-state index contributed by atoms with van der Waals surface area (Å²) in [5.74, 6) is 2.16. The number of aliphatic carboxylic acids is 1. The first-order chi connectivity index (χ1) is 47.6. The number of cyclic esters (lactones) is 2. The van der Waals surface area contributed by atoms with Crippen LogP contribution in [0.25, 0.3) is 56.0 Å². The molecule has 2 aliphatic carbocycles. The van der Waals surface area contributed by atoms with Gasteiger partial charge >= 0.3 is 23.9 Å². The minimum Gasteiger partial charge on any atom is -0.497 e. The number of rotatable bonds is 18. The van der Waals surface area contributed by atoms with Crippen molar-refractivity contribution in [3.8, 4) is 56.8 Å². The monoisotopic (exact) mass is 1310 g/mol. The van der Waals surface area contributed by atoms with Gasteiger partial charge in [0.05, 0.1) is 73.9 Å². The van der Waals surface area contributed by atoms with Crippen LogP contribution >= 0.6 is 0 Å². The summed E-state index contributed by atoms with van der Waals surface area (Å²) >= 11 is 0. The van der Waals surface area contributed by atoms with Crippen LogP contribution in [0.3, 0.4) is 0 Å². The maximum atomic E-state index is 12.1. The zero-order chi connectivity index (χ0) is 68.3. The molecule has 2 unspecified atom stereocenters. The first-order valence-electron chi connectivity index (χ1n) is 32.3. The number of methoxy groups -OCH3 is 4. The van der Waals surface area contributed by atoms with Gasteiger partial charge in [0.25, 0.3) is 0 Å². The topological polar surface area (TPSA) is 201 Å². The Kier molecular flexibility index (Phi) is 18.2. The molecule has 98 heavy (non-hydrogen) atoms. The van der Waals surface area contributed by atoms with Gasteiger partial charge < -0.3 is 57.6 Å². The van der Waals surface area contributed by atoms with Crippen LogP contribution in [0.1, 0.15) is 95.2 Å². The maximum Gasteiger partial charge on any atom is 0.314 e. The molecule has 10 aromatic rings. The Morgan fingerprint density at radius 3 is 1.15 bits per heavy atom. The Morgan fingerprint density at radius 1 is 0.449 bits per heavy atom. The van der Waals surface area contributed by atoms with E-state index >= 15 is 0 Å². The number of hydrogen-bond donors (Lipinski definition) is 2. The third-order valence-corrected chi connectivity index (χ3v) is 18.9. The third kappa shape index (κ3) is 11.7. The zero-order valence-corrected chi connectivity index (χ0v) is 55.1. The van der Waals surface area contributed by atoms with Gasteiger partial charge in [-0.1, -0.05) is 158 Å². The summed E-state index contributed by atoms with van der Waals surface area (Å²) in [4.78, 5) is 43.1. The normalized spacial score (nSPS) is 17.3. The van der Waals surface area contributed by atoms with Crippen LogP contribution in [0.15, 0.2) is 206 Å². The lowest BCUT2D eigenvalue weighted by atomic mass is 9.80. The van der Waals surface area contributed by atoms with Crippen LogP contribution in [0.2, 0.25) is 0 Å². The predicted octanol–water partition coefficient (Wildman–Crippen LogP) is 15.2. The second kappa shape index (κ2) is 27.2. The minimum atomic E-state index is -1.05. The van der Waals surface area contributed by atoms with Crippen molar-refractivity contribution in [3.05, 3.63) is 262 Å². The van der Waals surface area contributed by atoms with Gasteiger partial charge in [0.1, 0.15) is 52.3 Å². The van der Waals surface area contributed by atoms with Crippen molar-refractivity contribution >= 4 is 57.6 Å². The molecule has 5 aliphatic rings. The molecule has 15 rings (SSSR count). The van der Waals surface area contributed by atoms with E-state index in [9.17, 15) is 24.3 Å². The van der Waals surface area contributed by atoms with Crippen molar-refractivity contribution in [2.45, 2.75) is 61.9 Å². The molecule has 1 saturated heterocycles. The molecule has 16 nitrogen and oxygen atoms in total. The lowest BCUT2D eigenvalue weighted by Gasteiger charge is -2.39. The highest BCUT2D eigenvalue weighted by atomic mass is 16.6. The molecule has 0 radical (unpaired) electrons. The summed E-state index contributed by atoms with van der Waals surface area (Å²) in [5, 5.41) is 22.8. The molecule has 496 valence electrons. The smallest absolute Gasteiger partial charge is 0.314 e. The molecule has 0 aromatic heterocycles. The molecule has 0 spiro atoms. The average molecular weight is 1310 g/mol. The van der Waals surface area contributed by atoms with Gasteiger partial charge in [-0.2, -0.15) is 0 Å². The second-order valence-electron chi connectivity index (χ2n) is 24.4. The number of esters is 3. The molecule has 0 bridgehead atoms. The fourth-order valence-electron chi connectivity index (χ4n) is 14.2. The number of hydrogen-bond acceptors (Lipinski definition) is 15. The van der Waals surface area contributed by atoms with Gasteiger partial charge in [-0.15, -0.1) is 0 Å². The Bertz CT molecular complexity index is 4660. The first-order valence-corrected chi connectivity index (χ1v) is 32.3. The number of benzene rings is 10. The number of carboxylic acid groups (broad SMARTS) is 1. The summed E-state index contributed by atoms with van der Waals surface area (Å²) in [6.07, 6.45) is 8.62. The molecule has 0 amide bonds. The summed E-state index contributed by atoms with van der Waals surface area (Å²) in [5.41, 5.74) is 10.7. The number of ether oxygens (including phenoxy) is 10. The van der Waals surface area contributed by atoms with E-state index < -0.39 is 46.3 Å². The standard InChI is InChI=1S/C41H36O8.C37H32O5.C4H4O3/c1-40(48-25-24-47-36(44)21-20-35(42)43)34-11-7-6-10-32(34)37-30-8-4-5-9-31(30)39-33(38(37)40)22-23-41(49-39,26-12-16-28(45-2)17-13-26)27-14-18-29(46-3)19-15-27;1-36(41-23-22-38)32-11-7-6-10-30(32)33-28-8-4-5-9-29(28)35-31(34(33)36)20-21-37(42-35,24-12-16-26(39-2)17-13-24)25-14-18-27(40-3)19-15-25;5-3-1-2-4(6)7-3/h4-19,22-23H,20-21,24-25H2,1-3H3,(H,42,43);4-21,38H,22-23H2,1-3H3;1-2H2. The summed E-state index contributed by atoms with van der Waals surface area (Å²) in [6.45, 7) is 4.40. The zero-order valence-electron chi connectivity index (χ0n) is 55.1. The van der Waals surface area contributed by atoms with Gasteiger partial charge in [0, 0.05) is 55.3 Å². The van der Waals surface area contributed by atoms with E-state index in [-0.39, 0.29) is 52.1 Å². The minimum absolute atomic E-state index is 0.00823. The molecule has 3 heterocycles. The molecule has 2 atom stereocenters. The van der Waals surface area contributed by atoms with Gasteiger partial charge in [-0.05, 0) is 119 Å². The molecule has 3 aliphatic heterocycles. The number of fused-ring (bicyclic) bond motifs is 16. The van der Waals surface area contributed by atoms with Crippen molar-refractivity contribution in [2.75, 3.05) is 54.9 Å². The number of aliphatic hydroxyl groups is 1. The van der Waals surface area contributed by atoms with E-state index in [0.29, 0.717) is 0 Å². The van der Waals surface area contributed by atoms with E-state index in [1.54, 1.807) is 28.4 Å². The highest BCUT2D eigenvalue weighted by molar-refractivity contribution is 6.10. The summed E-state index contributed by atoms with van der Waals surface area (Å²) in [6, 6.07) is 65.2. The fraction of sp³-hybridized carbons (Fsp3) is 0.220. The molecule has 10 aromatic carbocycles. The van der Waals surface area contributed by atoms with E-state index in [2.05, 4.69) is 127 Å². The Labute approximate surface area is 567 Å². The van der Waals surface area contributed by atoms with Crippen LogP contribution in [0.4, 0.5) is 0 Å². The Balaban J connectivity index is 0.000000162. The number of aliphatic hydroxyl groups excluding tert-OH is 1. The van der Waals surface area contributed by atoms with Crippen LogP contribution in [-0.4, -0.2) is 89.0 Å². The van der Waals surface area contributed by atoms with E-state index in [0.717, 1.165) is 134 Å². The Hall–Kier alpha value is -11.0. The van der Waals surface area contributed by atoms with Crippen molar-refractivity contribution < 1.29 is 76.8 Å². The summed E-state index contributed by atoms with van der Waals surface area (Å²) in [7, 11) is 6.63. The lowest BCUT2D eigenvalue weighted by Crippen LogP contribution is -2.35. The van der Waals surface area contributed by atoms with Crippen molar-refractivity contribution in [1.82, 2.24) is 0 Å². The molecule has 0 saturated carbocycles. The van der Waals surface area contributed by atoms with Crippen molar-refractivity contribution in [3.63, 3.8) is 0 Å². The summed E-state index contributed by atoms with van der Waals surface area (Å²) < 4.78 is 59.1. The fourth-order valence-corrected chi connectivity index (χ4v) is 14.2. The molecule has 16 heteroatoms. The Morgan fingerprint density at radius 2 is 0.806 bits per heavy atom. The molecule has 2 N–H and O–H groups in total. The van der Waals surface area contributed by atoms with Crippen LogP contribution in [-0.2, 0) is 60.5 Å². The van der Waals surface area contributed by atoms with Gasteiger partial charge in [0.2, 0.25) is 0 Å². The SMILES string of the molecule is COc1ccc(C2(c3ccc(OC)cc3)C=Cc3c4c(c5ccccc5c3O2)-c2ccccc2C4(C)OCCO)cc1.COc1ccc(C2(c3ccc(OC)cc3)C=Cc3c4c(c5ccccc5c3O2)-c2ccccc2C4(C)OCCOC(=O)CCC(=O)O)cc1.O=C1CCC(=O)O1. The number of carbonyl (C=O) groups excluding carboxylic acids is 3. The van der Waals surface area contributed by atoms with Crippen LogP contribution in [0, 0.1) is 0 Å². The molecule has 1 fully saturated rings. The average Bonchev–Trinajstić information content (AvgIpc) is 1.49. The molecular weight excluding hydrogens is 1240 g/mol. The van der Waals surface area contributed by atoms with E-state index in [4.69, 9.17) is 47.7 Å². The molecular formula is C82H72O16. The quantitative estimate of drug-likeness (QED) is 0.0466. The first kappa shape index (κ1) is 65.6. The third-order valence-electron chi connectivity index (χ3n) is 18.9. The van der Waals surface area contributed by atoms with E-state index in [1.165, 1.54) is 0 Å². The van der Waals surface area contributed by atoms with E-state index in [1.807, 2.05) is 110 Å². The maximum absolute atomic E-state index is 12.1. The lowest BCUT2D eigenvalue weighted by molar-refractivity contribution is -0.152. The highest BCUT2D eigenvalue weighted by Gasteiger charge is 2.49. The highest BCUT2D eigenvalue weighted by Crippen LogP contribution is 2.61.